The van der Waals surface area contributed by atoms with Crippen LogP contribution in [0.4, 0.5) is 15.2 Å². The van der Waals surface area contributed by atoms with Crippen LogP contribution in [0.2, 0.25) is 0 Å². The van der Waals surface area contributed by atoms with Crippen molar-refractivity contribution in [1.82, 2.24) is 10.3 Å². The van der Waals surface area contributed by atoms with E-state index in [1.165, 1.54) is 17.0 Å². The topological polar surface area (TPSA) is 28.2 Å². The molecular formula is C14H18FN3S. The number of hydrogen-bond donors (Lipinski definition) is 1. The first-order valence-corrected chi connectivity index (χ1v) is 7.05. The molecule has 0 fully saturated rings. The fourth-order valence-electron chi connectivity index (χ4n) is 1.61. The van der Waals surface area contributed by atoms with Crippen molar-refractivity contribution in [3.05, 3.63) is 41.2 Å². The van der Waals surface area contributed by atoms with Gasteiger partial charge in [0.25, 0.3) is 0 Å². The number of aromatic nitrogens is 1. The summed E-state index contributed by atoms with van der Waals surface area (Å²) >= 11 is 1.64. The number of anilines is 2. The molecule has 19 heavy (non-hydrogen) atoms. The second-order valence-corrected chi connectivity index (χ2v) is 5.77. The third-order valence-electron chi connectivity index (χ3n) is 2.73. The Morgan fingerprint density at radius 1 is 1.32 bits per heavy atom. The lowest BCUT2D eigenvalue weighted by Crippen LogP contribution is -2.21. The molecule has 0 atom stereocenters. The second-order valence-electron chi connectivity index (χ2n) is 4.68. The summed E-state index contributed by atoms with van der Waals surface area (Å²) in [5.41, 5.74) is 0.930. The van der Waals surface area contributed by atoms with Crippen LogP contribution < -0.4 is 10.2 Å². The van der Waals surface area contributed by atoms with E-state index in [0.29, 0.717) is 6.04 Å². The highest BCUT2D eigenvalue weighted by Crippen LogP contribution is 2.28. The predicted octanol–water partition coefficient (Wildman–Crippen LogP) is 3.55. The average molecular weight is 279 g/mol. The van der Waals surface area contributed by atoms with Crippen molar-refractivity contribution in [2.45, 2.75) is 26.4 Å². The van der Waals surface area contributed by atoms with Crippen molar-refractivity contribution in [1.29, 1.82) is 0 Å². The van der Waals surface area contributed by atoms with Crippen molar-refractivity contribution in [3.63, 3.8) is 0 Å². The van der Waals surface area contributed by atoms with Crippen LogP contribution in [0.15, 0.2) is 30.5 Å². The van der Waals surface area contributed by atoms with Gasteiger partial charge >= 0.3 is 0 Å². The monoisotopic (exact) mass is 279 g/mol. The molecule has 0 aliphatic heterocycles. The number of thiazole rings is 1. The molecule has 0 radical (unpaired) electrons. The fraction of sp³-hybridized carbons (Fsp3) is 0.357. The molecule has 0 amide bonds. The van der Waals surface area contributed by atoms with Gasteiger partial charge in [-0.25, -0.2) is 9.37 Å². The maximum absolute atomic E-state index is 12.9. The number of benzene rings is 1. The van der Waals surface area contributed by atoms with Crippen LogP contribution in [0.25, 0.3) is 0 Å². The molecule has 2 aromatic rings. The minimum atomic E-state index is -0.224. The van der Waals surface area contributed by atoms with Crippen LogP contribution in [-0.4, -0.2) is 18.1 Å². The van der Waals surface area contributed by atoms with E-state index >= 15 is 0 Å². The van der Waals surface area contributed by atoms with Gasteiger partial charge in [0.2, 0.25) is 0 Å². The summed E-state index contributed by atoms with van der Waals surface area (Å²) in [6.45, 7) is 5.06. The Labute approximate surface area is 117 Å². The minimum Gasteiger partial charge on any atom is -0.321 e. The summed E-state index contributed by atoms with van der Waals surface area (Å²) in [5.74, 6) is -0.224. The van der Waals surface area contributed by atoms with E-state index in [9.17, 15) is 4.39 Å². The third-order valence-corrected chi connectivity index (χ3v) is 3.80. The van der Waals surface area contributed by atoms with E-state index in [0.717, 1.165) is 17.4 Å². The lowest BCUT2D eigenvalue weighted by molar-refractivity contribution is 0.593. The van der Waals surface area contributed by atoms with E-state index < -0.39 is 0 Å². The summed E-state index contributed by atoms with van der Waals surface area (Å²) in [5, 5.41) is 4.27. The first-order valence-electron chi connectivity index (χ1n) is 6.23. The molecule has 102 valence electrons. The molecule has 1 N–H and O–H groups in total. The van der Waals surface area contributed by atoms with Crippen molar-refractivity contribution in [3.8, 4) is 0 Å². The van der Waals surface area contributed by atoms with Crippen molar-refractivity contribution < 1.29 is 4.39 Å². The van der Waals surface area contributed by atoms with E-state index in [1.54, 1.807) is 23.5 Å². The van der Waals surface area contributed by atoms with E-state index in [1.807, 2.05) is 18.1 Å². The van der Waals surface area contributed by atoms with Gasteiger partial charge in [0.05, 0.1) is 0 Å². The molecule has 0 spiro atoms. The minimum absolute atomic E-state index is 0.224. The lowest BCUT2D eigenvalue weighted by Gasteiger charge is -2.15. The molecule has 0 aliphatic carbocycles. The fourth-order valence-corrected chi connectivity index (χ4v) is 2.46. The predicted molar refractivity (Wildman–Crippen MR) is 78.6 cm³/mol. The lowest BCUT2D eigenvalue weighted by atomic mass is 10.3. The highest BCUT2D eigenvalue weighted by atomic mass is 32.1. The molecule has 2 rings (SSSR count). The van der Waals surface area contributed by atoms with Crippen LogP contribution in [0.3, 0.4) is 0 Å². The second kappa shape index (κ2) is 6.12. The average Bonchev–Trinajstić information content (AvgIpc) is 2.85. The van der Waals surface area contributed by atoms with Gasteiger partial charge in [-0.05, 0) is 24.3 Å². The smallest absolute Gasteiger partial charge is 0.189 e. The standard InChI is InChI=1S/C14H18FN3S/c1-10(2)16-8-13-9-17-14(19-13)18(3)12-6-4-11(15)5-7-12/h4-7,9-10,16H,8H2,1-3H3. The molecule has 1 heterocycles. The summed E-state index contributed by atoms with van der Waals surface area (Å²) in [6.07, 6.45) is 1.88. The Morgan fingerprint density at radius 2 is 2.00 bits per heavy atom. The van der Waals surface area contributed by atoms with Crippen molar-refractivity contribution >= 4 is 22.2 Å². The zero-order valence-corrected chi connectivity index (χ0v) is 12.2. The van der Waals surface area contributed by atoms with Crippen LogP contribution >= 0.6 is 11.3 Å². The molecule has 0 unspecified atom stereocenters. The normalized spacial score (nSPS) is 11.0. The van der Waals surface area contributed by atoms with Crippen molar-refractivity contribution in [2.75, 3.05) is 11.9 Å². The first kappa shape index (κ1) is 14.0. The number of rotatable bonds is 5. The van der Waals surface area contributed by atoms with Gasteiger partial charge in [-0.2, -0.15) is 0 Å². The van der Waals surface area contributed by atoms with Gasteiger partial charge in [-0.3, -0.25) is 0 Å². The third kappa shape index (κ3) is 3.75. The van der Waals surface area contributed by atoms with Gasteiger partial charge < -0.3 is 10.2 Å². The molecule has 3 nitrogen and oxygen atoms in total. The highest BCUT2D eigenvalue weighted by Gasteiger charge is 2.09. The molecule has 0 aliphatic rings. The Kier molecular flexibility index (Phi) is 4.50. The number of nitrogens with one attached hydrogen (secondary N) is 1. The quantitative estimate of drug-likeness (QED) is 0.907. The van der Waals surface area contributed by atoms with Crippen LogP contribution in [-0.2, 0) is 6.54 Å². The van der Waals surface area contributed by atoms with E-state index in [4.69, 9.17) is 0 Å². The van der Waals surface area contributed by atoms with Crippen LogP contribution in [0, 0.1) is 5.82 Å². The Bertz CT molecular complexity index is 522. The van der Waals surface area contributed by atoms with Gasteiger partial charge in [-0.15, -0.1) is 11.3 Å². The first-order chi connectivity index (χ1) is 9.06. The molecule has 1 aromatic carbocycles. The van der Waals surface area contributed by atoms with Gasteiger partial charge in [0.1, 0.15) is 5.82 Å². The summed E-state index contributed by atoms with van der Waals surface area (Å²) in [4.78, 5) is 7.56. The maximum atomic E-state index is 12.9. The molecule has 5 heteroatoms. The van der Waals surface area contributed by atoms with Gasteiger partial charge in [-0.1, -0.05) is 13.8 Å². The molecule has 0 bridgehead atoms. The van der Waals surface area contributed by atoms with Crippen LogP contribution in [0.5, 0.6) is 0 Å². The van der Waals surface area contributed by atoms with Crippen molar-refractivity contribution in [2.24, 2.45) is 0 Å². The molecule has 0 saturated carbocycles. The molecule has 0 saturated heterocycles. The highest BCUT2D eigenvalue weighted by molar-refractivity contribution is 7.15. The van der Waals surface area contributed by atoms with Crippen LogP contribution in [0.1, 0.15) is 18.7 Å². The molecule has 1 aromatic heterocycles. The molecular weight excluding hydrogens is 261 g/mol. The van der Waals surface area contributed by atoms with Gasteiger partial charge in [0, 0.05) is 36.4 Å². The van der Waals surface area contributed by atoms with E-state index in [-0.39, 0.29) is 5.82 Å². The summed E-state index contributed by atoms with van der Waals surface area (Å²) < 4.78 is 12.9. The summed E-state index contributed by atoms with van der Waals surface area (Å²) in [6, 6.07) is 6.88. The largest absolute Gasteiger partial charge is 0.321 e. The Hall–Kier alpha value is -1.46. The maximum Gasteiger partial charge on any atom is 0.189 e. The van der Waals surface area contributed by atoms with Gasteiger partial charge in [0.15, 0.2) is 5.13 Å². The van der Waals surface area contributed by atoms with E-state index in [2.05, 4.69) is 24.1 Å². The SMILES string of the molecule is CC(C)NCc1cnc(N(C)c2ccc(F)cc2)s1. The number of hydrogen-bond acceptors (Lipinski definition) is 4. The number of nitrogens with zero attached hydrogens (tertiary/aromatic N) is 2. The zero-order chi connectivity index (χ0) is 13.8. The Morgan fingerprint density at radius 3 is 2.63 bits per heavy atom. The Balaban J connectivity index is 2.07. The summed E-state index contributed by atoms with van der Waals surface area (Å²) in [7, 11) is 1.94. The zero-order valence-electron chi connectivity index (χ0n) is 11.4. The number of halogens is 1.